The average molecular weight is 541 g/mol. The van der Waals surface area contributed by atoms with E-state index in [1.165, 1.54) is 51.4 Å². The van der Waals surface area contributed by atoms with E-state index in [-0.39, 0.29) is 35.1 Å². The van der Waals surface area contributed by atoms with Gasteiger partial charge in [0, 0.05) is 19.3 Å². The Labute approximate surface area is 240 Å². The lowest BCUT2D eigenvalue weighted by Gasteiger charge is -2.58. The fourth-order valence-corrected chi connectivity index (χ4v) is 9.92. The van der Waals surface area contributed by atoms with Gasteiger partial charge in [-0.25, -0.2) is 0 Å². The molecule has 4 rings (SSSR count). The molecule has 0 bridgehead atoms. The van der Waals surface area contributed by atoms with Crippen molar-refractivity contribution in [3.63, 3.8) is 0 Å². The van der Waals surface area contributed by atoms with Crippen molar-refractivity contribution in [1.82, 2.24) is 0 Å². The van der Waals surface area contributed by atoms with Crippen molar-refractivity contribution in [3.8, 4) is 0 Å². The Hall–Kier alpha value is -1.12. The van der Waals surface area contributed by atoms with E-state index in [2.05, 4.69) is 61.5 Å². The first-order chi connectivity index (χ1) is 18.2. The lowest BCUT2D eigenvalue weighted by Crippen LogP contribution is -2.51. The van der Waals surface area contributed by atoms with Crippen LogP contribution in [-0.2, 0) is 14.3 Å². The molecule has 0 aromatic carbocycles. The van der Waals surface area contributed by atoms with Gasteiger partial charge in [0.25, 0.3) is 0 Å². The van der Waals surface area contributed by atoms with Crippen LogP contribution in [0.4, 0.5) is 0 Å². The number of Topliss-reactive ketones (excluding diaryl/α,β-unsaturated/α-hetero) is 1. The number of allylic oxidation sites excluding steroid dienone is 1. The number of rotatable bonds is 10. The fourth-order valence-electron chi connectivity index (χ4n) is 9.92. The number of ether oxygens (including phenoxy) is 1. The maximum atomic E-state index is 12.6. The molecule has 39 heavy (non-hydrogen) atoms. The molecule has 0 heterocycles. The summed E-state index contributed by atoms with van der Waals surface area (Å²) in [6, 6.07) is 0. The van der Waals surface area contributed by atoms with Crippen LogP contribution in [0, 0.1) is 51.8 Å². The molecule has 0 N–H and O–H groups in total. The highest BCUT2D eigenvalue weighted by Crippen LogP contribution is 2.67. The maximum absolute atomic E-state index is 12.6. The van der Waals surface area contributed by atoms with Gasteiger partial charge in [-0.1, -0.05) is 86.3 Å². The minimum atomic E-state index is -0.187. The summed E-state index contributed by atoms with van der Waals surface area (Å²) in [5.74, 6) is 5.06. The Bertz CT molecular complexity index is 909. The van der Waals surface area contributed by atoms with Crippen LogP contribution < -0.4 is 0 Å². The van der Waals surface area contributed by atoms with E-state index >= 15 is 0 Å². The third kappa shape index (κ3) is 6.86. The van der Waals surface area contributed by atoms with Crippen LogP contribution in [0.25, 0.3) is 0 Å². The van der Waals surface area contributed by atoms with Gasteiger partial charge in [0.15, 0.2) is 0 Å². The molecule has 0 aromatic rings. The van der Waals surface area contributed by atoms with E-state index in [0.29, 0.717) is 18.3 Å². The van der Waals surface area contributed by atoms with Crippen LogP contribution in [0.5, 0.6) is 0 Å². The standard InChI is InChI=1S/C36H60O3/c1-24(2)10-9-11-25(3)30-15-16-31-29-14-12-26-22-28(39-33(38)17-13-27(37)23-34(4,5)6)18-20-35(26,7)32(29)19-21-36(30,31)8/h12,24-25,28-32H,9-11,13-23H2,1-8H3/t25-,28+,29?,30-,31?,32?,35+,36-/m1/s1. The van der Waals surface area contributed by atoms with E-state index in [4.69, 9.17) is 4.74 Å². The molecule has 0 saturated heterocycles. The quantitative estimate of drug-likeness (QED) is 0.205. The number of carbonyl (C=O) groups excluding carboxylic acids is 2. The van der Waals surface area contributed by atoms with Gasteiger partial charge in [0.1, 0.15) is 11.9 Å². The highest BCUT2D eigenvalue weighted by atomic mass is 16.5. The zero-order valence-electron chi connectivity index (χ0n) is 26.7. The molecule has 0 amide bonds. The summed E-state index contributed by atoms with van der Waals surface area (Å²) in [6.45, 7) is 18.7. The lowest BCUT2D eigenvalue weighted by molar-refractivity contribution is -0.152. The van der Waals surface area contributed by atoms with Gasteiger partial charge in [-0.2, -0.15) is 0 Å². The number of carbonyl (C=O) groups is 2. The van der Waals surface area contributed by atoms with Crippen molar-refractivity contribution in [1.29, 1.82) is 0 Å². The number of hydrogen-bond donors (Lipinski definition) is 0. The minimum Gasteiger partial charge on any atom is -0.462 e. The van der Waals surface area contributed by atoms with Crippen molar-refractivity contribution in [2.24, 2.45) is 51.8 Å². The van der Waals surface area contributed by atoms with E-state index < -0.39 is 0 Å². The third-order valence-electron chi connectivity index (χ3n) is 11.9. The third-order valence-corrected chi connectivity index (χ3v) is 11.9. The highest BCUT2D eigenvalue weighted by Gasteiger charge is 2.59. The average Bonchev–Trinajstić information content (AvgIpc) is 3.19. The molecule has 8 atom stereocenters. The number of ketones is 1. The number of fused-ring (bicyclic) bond motifs is 5. The zero-order chi connectivity index (χ0) is 28.6. The molecule has 4 aliphatic carbocycles. The predicted molar refractivity (Wildman–Crippen MR) is 161 cm³/mol. The van der Waals surface area contributed by atoms with Gasteiger partial charge in [0.05, 0.1) is 6.42 Å². The van der Waals surface area contributed by atoms with Crippen molar-refractivity contribution >= 4 is 11.8 Å². The van der Waals surface area contributed by atoms with Gasteiger partial charge in [-0.05, 0) is 96.7 Å². The van der Waals surface area contributed by atoms with Gasteiger partial charge in [-0.15, -0.1) is 0 Å². The number of hydrogen-bond acceptors (Lipinski definition) is 3. The fraction of sp³-hybridized carbons (Fsp3) is 0.889. The molecule has 222 valence electrons. The van der Waals surface area contributed by atoms with Gasteiger partial charge in [-0.3, -0.25) is 9.59 Å². The Morgan fingerprint density at radius 1 is 0.974 bits per heavy atom. The van der Waals surface area contributed by atoms with E-state index in [0.717, 1.165) is 54.8 Å². The second-order valence-electron chi connectivity index (χ2n) is 16.4. The molecule has 0 aromatic heterocycles. The smallest absolute Gasteiger partial charge is 0.306 e. The Balaban J connectivity index is 1.34. The Kier molecular flexibility index (Phi) is 9.49. The SMILES string of the molecule is CC(C)CCC[C@@H](C)[C@H]1CCC2C3CC=C4C[C@@H](OC(=O)CCC(=O)CC(C)(C)C)CC[C@]4(C)C3CC[C@@]21C. The largest absolute Gasteiger partial charge is 0.462 e. The molecular formula is C36H60O3. The molecule has 0 radical (unpaired) electrons. The van der Waals surface area contributed by atoms with Crippen molar-refractivity contribution in [2.45, 2.75) is 151 Å². The first kappa shape index (κ1) is 30.8. The normalized spacial score (nSPS) is 36.9. The molecule has 0 aliphatic heterocycles. The Morgan fingerprint density at radius 2 is 1.72 bits per heavy atom. The van der Waals surface area contributed by atoms with E-state index in [1.807, 2.05) is 0 Å². The summed E-state index contributed by atoms with van der Waals surface area (Å²) >= 11 is 0. The summed E-state index contributed by atoms with van der Waals surface area (Å²) in [5, 5.41) is 0. The Morgan fingerprint density at radius 3 is 2.41 bits per heavy atom. The van der Waals surface area contributed by atoms with E-state index in [1.54, 1.807) is 5.57 Å². The summed E-state index contributed by atoms with van der Waals surface area (Å²) in [6.07, 6.45) is 17.7. The molecular weight excluding hydrogens is 480 g/mol. The monoisotopic (exact) mass is 540 g/mol. The molecule has 0 spiro atoms. The minimum absolute atomic E-state index is 0.0116. The molecule has 3 saturated carbocycles. The number of esters is 1. The van der Waals surface area contributed by atoms with Crippen molar-refractivity contribution in [3.05, 3.63) is 11.6 Å². The van der Waals surface area contributed by atoms with Crippen LogP contribution in [0.2, 0.25) is 0 Å². The van der Waals surface area contributed by atoms with Crippen LogP contribution in [0.15, 0.2) is 11.6 Å². The molecule has 3 unspecified atom stereocenters. The van der Waals surface area contributed by atoms with Crippen LogP contribution in [-0.4, -0.2) is 17.9 Å². The second kappa shape index (κ2) is 12.0. The highest BCUT2D eigenvalue weighted by molar-refractivity contribution is 5.83. The molecule has 4 aliphatic rings. The molecule has 3 fully saturated rings. The first-order valence-electron chi connectivity index (χ1n) is 16.6. The summed E-state index contributed by atoms with van der Waals surface area (Å²) in [5.41, 5.74) is 2.34. The molecule has 3 heteroatoms. The summed E-state index contributed by atoms with van der Waals surface area (Å²) in [7, 11) is 0. The van der Waals surface area contributed by atoms with Gasteiger partial charge >= 0.3 is 5.97 Å². The van der Waals surface area contributed by atoms with Crippen LogP contribution in [0.3, 0.4) is 0 Å². The van der Waals surface area contributed by atoms with Crippen molar-refractivity contribution < 1.29 is 14.3 Å². The first-order valence-corrected chi connectivity index (χ1v) is 16.6. The van der Waals surface area contributed by atoms with Crippen molar-refractivity contribution in [2.75, 3.05) is 0 Å². The zero-order valence-corrected chi connectivity index (χ0v) is 26.7. The van der Waals surface area contributed by atoms with Gasteiger partial charge < -0.3 is 4.74 Å². The second-order valence-corrected chi connectivity index (χ2v) is 16.4. The maximum Gasteiger partial charge on any atom is 0.306 e. The summed E-state index contributed by atoms with van der Waals surface area (Å²) in [4.78, 5) is 24.8. The lowest BCUT2D eigenvalue weighted by atomic mass is 9.47. The summed E-state index contributed by atoms with van der Waals surface area (Å²) < 4.78 is 5.94. The van der Waals surface area contributed by atoms with E-state index in [9.17, 15) is 9.59 Å². The topological polar surface area (TPSA) is 43.4 Å². The predicted octanol–water partition coefficient (Wildman–Crippen LogP) is 9.73. The van der Waals surface area contributed by atoms with Gasteiger partial charge in [0.2, 0.25) is 0 Å². The van der Waals surface area contributed by atoms with Crippen LogP contribution >= 0.6 is 0 Å². The molecule has 3 nitrogen and oxygen atoms in total. The van der Waals surface area contributed by atoms with Crippen LogP contribution in [0.1, 0.15) is 145 Å².